The summed E-state index contributed by atoms with van der Waals surface area (Å²) in [6.07, 6.45) is 11.8. The summed E-state index contributed by atoms with van der Waals surface area (Å²) in [7, 11) is -1.73. The molecule has 2 fully saturated rings. The summed E-state index contributed by atoms with van der Waals surface area (Å²) >= 11 is 0. The SMILES string of the molecule is C[C@@H](C/C=C/[C@H](C)[C@H]1CC[C@H]2[C@@H](OC(=O)c3ccccc3)CCC[C@]12C)O[Si](C)(C)C(C)(C)C. The van der Waals surface area contributed by atoms with Gasteiger partial charge in [-0.15, -0.1) is 0 Å². The molecule has 0 saturated heterocycles. The Morgan fingerprint density at radius 3 is 2.47 bits per heavy atom. The van der Waals surface area contributed by atoms with Crippen molar-refractivity contribution < 1.29 is 14.0 Å². The van der Waals surface area contributed by atoms with Crippen LogP contribution in [0.25, 0.3) is 0 Å². The molecule has 0 aromatic heterocycles. The molecule has 2 aliphatic rings. The van der Waals surface area contributed by atoms with Crippen LogP contribution in [0.4, 0.5) is 0 Å². The lowest BCUT2D eigenvalue weighted by molar-refractivity contribution is -0.0444. The van der Waals surface area contributed by atoms with Crippen LogP contribution in [0.1, 0.15) is 90.4 Å². The standard InChI is InChI=1S/C30H48O3Si/c1-22(14-12-15-23(2)33-34(7,8)29(3,4)5)25-19-20-26-27(18-13-21-30(25,26)6)32-28(31)24-16-10-9-11-17-24/h9-12,14,16-17,22-23,25-27H,13,15,18-21H2,1-8H3/b14-12+/t22-,23-,25+,26-,27-,30+/m0/s1. The number of allylic oxidation sites excluding steroid dienone is 1. The van der Waals surface area contributed by atoms with Gasteiger partial charge in [0.25, 0.3) is 0 Å². The molecule has 0 amide bonds. The molecule has 1 aromatic rings. The van der Waals surface area contributed by atoms with E-state index in [1.54, 1.807) is 0 Å². The van der Waals surface area contributed by atoms with Crippen LogP contribution in [0.2, 0.25) is 18.1 Å². The second-order valence-electron chi connectivity index (χ2n) is 12.7. The number of rotatable bonds is 8. The molecule has 34 heavy (non-hydrogen) atoms. The van der Waals surface area contributed by atoms with Gasteiger partial charge in [-0.2, -0.15) is 0 Å². The number of esters is 1. The average molecular weight is 485 g/mol. The van der Waals surface area contributed by atoms with E-state index < -0.39 is 8.32 Å². The van der Waals surface area contributed by atoms with Crippen LogP contribution in [0, 0.1) is 23.2 Å². The van der Waals surface area contributed by atoms with Crippen LogP contribution in [-0.2, 0) is 9.16 Å². The summed E-state index contributed by atoms with van der Waals surface area (Å²) in [6.45, 7) is 18.6. The molecular formula is C30H48O3Si. The van der Waals surface area contributed by atoms with Gasteiger partial charge < -0.3 is 9.16 Å². The van der Waals surface area contributed by atoms with Gasteiger partial charge in [0.15, 0.2) is 8.32 Å². The monoisotopic (exact) mass is 484 g/mol. The van der Waals surface area contributed by atoms with Crippen molar-refractivity contribution in [2.24, 2.45) is 23.2 Å². The van der Waals surface area contributed by atoms with Gasteiger partial charge in [-0.05, 0) is 93.0 Å². The number of carbonyl (C=O) groups is 1. The zero-order valence-corrected chi connectivity index (χ0v) is 23.9. The number of fused-ring (bicyclic) bond motifs is 1. The van der Waals surface area contributed by atoms with E-state index in [9.17, 15) is 4.79 Å². The molecule has 0 heterocycles. The number of carbonyl (C=O) groups excluding carboxylic acids is 1. The fourth-order valence-electron chi connectivity index (χ4n) is 6.29. The fraction of sp³-hybridized carbons (Fsp3) is 0.700. The highest BCUT2D eigenvalue weighted by Crippen LogP contribution is 2.58. The van der Waals surface area contributed by atoms with Crippen molar-refractivity contribution in [3.63, 3.8) is 0 Å². The Morgan fingerprint density at radius 2 is 1.82 bits per heavy atom. The quantitative estimate of drug-likeness (QED) is 0.211. The summed E-state index contributed by atoms with van der Waals surface area (Å²) in [4.78, 5) is 12.7. The predicted molar refractivity (Wildman–Crippen MR) is 144 cm³/mol. The van der Waals surface area contributed by atoms with Gasteiger partial charge in [0.2, 0.25) is 0 Å². The van der Waals surface area contributed by atoms with Gasteiger partial charge in [0.05, 0.1) is 5.56 Å². The summed E-state index contributed by atoms with van der Waals surface area (Å²) in [5.41, 5.74) is 0.905. The maximum absolute atomic E-state index is 12.7. The largest absolute Gasteiger partial charge is 0.458 e. The average Bonchev–Trinajstić information content (AvgIpc) is 3.11. The highest BCUT2D eigenvalue weighted by atomic mass is 28.4. The molecule has 2 saturated carbocycles. The van der Waals surface area contributed by atoms with E-state index in [0.29, 0.717) is 23.3 Å². The number of ether oxygens (including phenoxy) is 1. The predicted octanol–water partition coefficient (Wildman–Crippen LogP) is 8.42. The normalized spacial score (nSPS) is 29.6. The van der Waals surface area contributed by atoms with Crippen LogP contribution < -0.4 is 0 Å². The lowest BCUT2D eigenvalue weighted by atomic mass is 9.62. The first-order valence-electron chi connectivity index (χ1n) is 13.5. The molecular weight excluding hydrogens is 436 g/mol. The summed E-state index contributed by atoms with van der Waals surface area (Å²) in [6, 6.07) is 9.44. The van der Waals surface area contributed by atoms with Gasteiger partial charge in [-0.3, -0.25) is 0 Å². The fourth-order valence-corrected chi connectivity index (χ4v) is 7.75. The minimum Gasteiger partial charge on any atom is -0.458 e. The van der Waals surface area contributed by atoms with Crippen molar-refractivity contribution >= 4 is 14.3 Å². The molecule has 3 rings (SSSR count). The topological polar surface area (TPSA) is 35.5 Å². The molecule has 0 N–H and O–H groups in total. The van der Waals surface area contributed by atoms with E-state index in [1.165, 1.54) is 12.8 Å². The molecule has 3 nitrogen and oxygen atoms in total. The minimum atomic E-state index is -1.73. The summed E-state index contributed by atoms with van der Waals surface area (Å²) in [5, 5.41) is 0.243. The van der Waals surface area contributed by atoms with Crippen molar-refractivity contribution in [1.29, 1.82) is 0 Å². The first kappa shape index (κ1) is 27.2. The Labute approximate surface area is 209 Å². The number of hydrogen-bond donors (Lipinski definition) is 0. The highest BCUT2D eigenvalue weighted by molar-refractivity contribution is 6.74. The van der Waals surface area contributed by atoms with Gasteiger partial charge in [-0.1, -0.05) is 65.0 Å². The van der Waals surface area contributed by atoms with E-state index in [-0.39, 0.29) is 28.6 Å². The maximum Gasteiger partial charge on any atom is 0.338 e. The lowest BCUT2D eigenvalue weighted by Crippen LogP contribution is -2.43. The highest BCUT2D eigenvalue weighted by Gasteiger charge is 2.53. The van der Waals surface area contributed by atoms with Crippen LogP contribution >= 0.6 is 0 Å². The van der Waals surface area contributed by atoms with Crippen LogP contribution in [0.15, 0.2) is 42.5 Å². The third kappa shape index (κ3) is 6.05. The Balaban J connectivity index is 1.59. The second-order valence-corrected chi connectivity index (χ2v) is 17.5. The van der Waals surface area contributed by atoms with Crippen LogP contribution in [-0.4, -0.2) is 26.5 Å². The Kier molecular flexibility index (Phi) is 8.56. The molecule has 4 heteroatoms. The summed E-state index contributed by atoms with van der Waals surface area (Å²) < 4.78 is 12.6. The molecule has 0 radical (unpaired) electrons. The van der Waals surface area contributed by atoms with Crippen LogP contribution in [0.5, 0.6) is 0 Å². The first-order valence-corrected chi connectivity index (χ1v) is 16.4. The van der Waals surface area contributed by atoms with E-state index in [2.05, 4.69) is 66.8 Å². The first-order chi connectivity index (χ1) is 15.8. The Morgan fingerprint density at radius 1 is 1.15 bits per heavy atom. The van der Waals surface area contributed by atoms with Crippen molar-refractivity contribution in [2.75, 3.05) is 0 Å². The van der Waals surface area contributed by atoms with E-state index in [4.69, 9.17) is 9.16 Å². The van der Waals surface area contributed by atoms with Gasteiger partial charge in [0.1, 0.15) is 6.10 Å². The minimum absolute atomic E-state index is 0.0469. The molecule has 2 aliphatic carbocycles. The molecule has 0 unspecified atom stereocenters. The smallest absolute Gasteiger partial charge is 0.338 e. The maximum atomic E-state index is 12.7. The third-order valence-electron chi connectivity index (χ3n) is 9.25. The Bertz CT molecular complexity index is 840. The van der Waals surface area contributed by atoms with Gasteiger partial charge in [-0.25, -0.2) is 4.79 Å². The molecule has 190 valence electrons. The van der Waals surface area contributed by atoms with E-state index in [0.717, 1.165) is 25.7 Å². The summed E-state index contributed by atoms with van der Waals surface area (Å²) in [5.74, 6) is 1.47. The number of benzene rings is 1. The van der Waals surface area contributed by atoms with E-state index in [1.807, 2.05) is 30.3 Å². The Hall–Kier alpha value is -1.39. The van der Waals surface area contributed by atoms with Crippen molar-refractivity contribution in [1.82, 2.24) is 0 Å². The van der Waals surface area contributed by atoms with Crippen molar-refractivity contribution in [2.45, 2.75) is 110 Å². The molecule has 0 bridgehead atoms. The third-order valence-corrected chi connectivity index (χ3v) is 13.9. The molecule has 0 spiro atoms. The van der Waals surface area contributed by atoms with Gasteiger partial charge >= 0.3 is 5.97 Å². The van der Waals surface area contributed by atoms with Crippen molar-refractivity contribution in [3.05, 3.63) is 48.0 Å². The second kappa shape index (κ2) is 10.7. The molecule has 1 aromatic carbocycles. The zero-order chi connectivity index (χ0) is 25.1. The lowest BCUT2D eigenvalue weighted by Gasteiger charge is -2.45. The number of hydrogen-bond acceptors (Lipinski definition) is 3. The molecule has 6 atom stereocenters. The molecule has 0 aliphatic heterocycles. The van der Waals surface area contributed by atoms with Gasteiger partial charge in [0, 0.05) is 12.0 Å². The van der Waals surface area contributed by atoms with E-state index >= 15 is 0 Å². The van der Waals surface area contributed by atoms with Crippen LogP contribution in [0.3, 0.4) is 0 Å². The van der Waals surface area contributed by atoms with Crippen molar-refractivity contribution in [3.8, 4) is 0 Å². The zero-order valence-electron chi connectivity index (χ0n) is 22.9.